The molecule has 2 rings (SSSR count). The van der Waals surface area contributed by atoms with Gasteiger partial charge in [0, 0.05) is 30.7 Å². The van der Waals surface area contributed by atoms with Gasteiger partial charge in [-0.05, 0) is 31.9 Å². The molecule has 1 aliphatic rings. The Morgan fingerprint density at radius 3 is 2.68 bits per heavy atom. The number of pyridine rings is 1. The van der Waals surface area contributed by atoms with Crippen LogP contribution in [0.5, 0.6) is 0 Å². The lowest BCUT2D eigenvalue weighted by atomic mass is 9.93. The molecule has 4 nitrogen and oxygen atoms in total. The van der Waals surface area contributed by atoms with Crippen molar-refractivity contribution in [2.75, 3.05) is 11.4 Å². The summed E-state index contributed by atoms with van der Waals surface area (Å²) < 4.78 is 0. The van der Waals surface area contributed by atoms with Crippen LogP contribution in [0, 0.1) is 5.92 Å². The summed E-state index contributed by atoms with van der Waals surface area (Å²) >= 11 is 0. The number of nitrogens with two attached hydrogens (primary N) is 1. The maximum absolute atomic E-state index is 12.7. The number of aromatic nitrogens is 1. The molecule has 2 N–H and O–H groups in total. The van der Waals surface area contributed by atoms with Gasteiger partial charge >= 0.3 is 0 Å². The van der Waals surface area contributed by atoms with Crippen molar-refractivity contribution < 1.29 is 4.79 Å². The predicted octanol–water partition coefficient (Wildman–Crippen LogP) is 2.34. The summed E-state index contributed by atoms with van der Waals surface area (Å²) in [5.74, 6) is 0.138. The number of carbonyl (C=O) groups is 1. The van der Waals surface area contributed by atoms with Crippen molar-refractivity contribution in [2.45, 2.75) is 45.1 Å². The Morgan fingerprint density at radius 1 is 1.32 bits per heavy atom. The van der Waals surface area contributed by atoms with Gasteiger partial charge in [0.25, 0.3) is 0 Å². The second-order valence-corrected chi connectivity index (χ2v) is 5.20. The molecule has 1 amide bonds. The van der Waals surface area contributed by atoms with Gasteiger partial charge in [0.15, 0.2) is 0 Å². The molecule has 0 radical (unpaired) electrons. The highest BCUT2D eigenvalue weighted by Gasteiger charge is 2.30. The Hall–Kier alpha value is -1.42. The monoisotopic (exact) mass is 261 g/mol. The van der Waals surface area contributed by atoms with Crippen molar-refractivity contribution in [1.29, 1.82) is 0 Å². The number of hydrogen-bond acceptors (Lipinski definition) is 3. The van der Waals surface area contributed by atoms with Gasteiger partial charge in [0.05, 0.1) is 5.92 Å². The minimum Gasteiger partial charge on any atom is -0.327 e. The highest BCUT2D eigenvalue weighted by atomic mass is 16.2. The van der Waals surface area contributed by atoms with E-state index < -0.39 is 0 Å². The number of amides is 1. The molecular weight excluding hydrogens is 238 g/mol. The summed E-state index contributed by atoms with van der Waals surface area (Å²) in [6.45, 7) is 2.67. The van der Waals surface area contributed by atoms with Crippen molar-refractivity contribution >= 4 is 11.6 Å². The fraction of sp³-hybridized carbons (Fsp3) is 0.600. The van der Waals surface area contributed by atoms with Gasteiger partial charge in [-0.15, -0.1) is 0 Å². The molecule has 1 fully saturated rings. The Bertz CT molecular complexity index is 407. The van der Waals surface area contributed by atoms with Crippen LogP contribution >= 0.6 is 0 Å². The van der Waals surface area contributed by atoms with Gasteiger partial charge in [0.2, 0.25) is 5.91 Å². The minimum atomic E-state index is -0.0318. The smallest absolute Gasteiger partial charge is 0.231 e. The molecule has 4 heteroatoms. The highest BCUT2D eigenvalue weighted by molar-refractivity contribution is 5.95. The molecule has 1 aromatic heterocycles. The maximum Gasteiger partial charge on any atom is 0.231 e. The molecule has 2 atom stereocenters. The topological polar surface area (TPSA) is 59.2 Å². The zero-order chi connectivity index (χ0) is 13.7. The number of carbonyl (C=O) groups excluding carboxylic acids is 1. The first-order valence-electron chi connectivity index (χ1n) is 7.21. The third-order valence-corrected chi connectivity index (χ3v) is 3.94. The Balaban J connectivity index is 2.16. The van der Waals surface area contributed by atoms with Gasteiger partial charge < -0.3 is 10.6 Å². The van der Waals surface area contributed by atoms with E-state index in [4.69, 9.17) is 5.73 Å². The molecule has 0 spiro atoms. The van der Waals surface area contributed by atoms with Crippen LogP contribution in [0.15, 0.2) is 24.5 Å². The number of nitrogens with zero attached hydrogens (tertiary/aromatic N) is 2. The van der Waals surface area contributed by atoms with E-state index in [0.29, 0.717) is 6.54 Å². The number of hydrogen-bond donors (Lipinski definition) is 1. The van der Waals surface area contributed by atoms with Crippen LogP contribution in [-0.4, -0.2) is 23.5 Å². The zero-order valence-electron chi connectivity index (χ0n) is 11.6. The van der Waals surface area contributed by atoms with Crippen LogP contribution in [-0.2, 0) is 4.79 Å². The quantitative estimate of drug-likeness (QED) is 0.850. The summed E-state index contributed by atoms with van der Waals surface area (Å²) in [6, 6.07) is 3.76. The van der Waals surface area contributed by atoms with Crippen molar-refractivity contribution in [3.05, 3.63) is 24.5 Å². The summed E-state index contributed by atoms with van der Waals surface area (Å²) in [7, 11) is 0. The largest absolute Gasteiger partial charge is 0.327 e. The van der Waals surface area contributed by atoms with E-state index in [1.165, 1.54) is 6.42 Å². The Morgan fingerprint density at radius 2 is 2.00 bits per heavy atom. The van der Waals surface area contributed by atoms with Crippen molar-refractivity contribution in [2.24, 2.45) is 11.7 Å². The van der Waals surface area contributed by atoms with Crippen LogP contribution < -0.4 is 10.6 Å². The molecule has 1 heterocycles. The molecule has 1 saturated carbocycles. The van der Waals surface area contributed by atoms with Crippen LogP contribution in [0.3, 0.4) is 0 Å². The van der Waals surface area contributed by atoms with Gasteiger partial charge in [-0.3, -0.25) is 9.78 Å². The average Bonchev–Trinajstić information content (AvgIpc) is 2.65. The van der Waals surface area contributed by atoms with Crippen molar-refractivity contribution in [3.63, 3.8) is 0 Å². The summed E-state index contributed by atoms with van der Waals surface area (Å²) in [5, 5.41) is 0. The number of anilines is 1. The van der Waals surface area contributed by atoms with E-state index in [2.05, 4.69) is 4.98 Å². The molecule has 1 aliphatic carbocycles. The SMILES string of the molecule is CCN(C(=O)C1CCCCCC1N)c1ccncc1. The lowest BCUT2D eigenvalue weighted by molar-refractivity contribution is -0.123. The number of rotatable bonds is 3. The second-order valence-electron chi connectivity index (χ2n) is 5.20. The molecule has 0 aliphatic heterocycles. The van der Waals surface area contributed by atoms with Crippen LogP contribution in [0.2, 0.25) is 0 Å². The average molecular weight is 261 g/mol. The van der Waals surface area contributed by atoms with Crippen LogP contribution in [0.25, 0.3) is 0 Å². The van der Waals surface area contributed by atoms with Gasteiger partial charge in [-0.2, -0.15) is 0 Å². The third-order valence-electron chi connectivity index (χ3n) is 3.94. The Labute approximate surface area is 115 Å². The van der Waals surface area contributed by atoms with Crippen molar-refractivity contribution in [3.8, 4) is 0 Å². The summed E-state index contributed by atoms with van der Waals surface area (Å²) in [4.78, 5) is 18.6. The molecule has 104 valence electrons. The van der Waals surface area contributed by atoms with Crippen molar-refractivity contribution in [1.82, 2.24) is 4.98 Å². The first kappa shape index (κ1) is 14.0. The molecule has 19 heavy (non-hydrogen) atoms. The lowest BCUT2D eigenvalue weighted by Gasteiger charge is -2.28. The van der Waals surface area contributed by atoms with E-state index in [1.807, 2.05) is 24.0 Å². The van der Waals surface area contributed by atoms with E-state index in [1.54, 1.807) is 12.4 Å². The fourth-order valence-corrected chi connectivity index (χ4v) is 2.83. The molecule has 0 saturated heterocycles. The highest BCUT2D eigenvalue weighted by Crippen LogP contribution is 2.26. The van der Waals surface area contributed by atoms with E-state index in [-0.39, 0.29) is 17.9 Å². The third kappa shape index (κ3) is 3.32. The molecule has 1 aromatic rings. The zero-order valence-corrected chi connectivity index (χ0v) is 11.6. The normalized spacial score (nSPS) is 23.7. The summed E-state index contributed by atoms with van der Waals surface area (Å²) in [6.07, 6.45) is 8.77. The first-order chi connectivity index (χ1) is 9.24. The predicted molar refractivity (Wildman–Crippen MR) is 76.8 cm³/mol. The van der Waals surface area contributed by atoms with Gasteiger partial charge in [-0.25, -0.2) is 0 Å². The van der Waals surface area contributed by atoms with Gasteiger partial charge in [-0.1, -0.05) is 19.3 Å². The van der Waals surface area contributed by atoms with Gasteiger partial charge in [0.1, 0.15) is 0 Å². The first-order valence-corrected chi connectivity index (χ1v) is 7.21. The fourth-order valence-electron chi connectivity index (χ4n) is 2.83. The summed E-state index contributed by atoms with van der Waals surface area (Å²) in [5.41, 5.74) is 7.11. The second kappa shape index (κ2) is 6.66. The van der Waals surface area contributed by atoms with E-state index >= 15 is 0 Å². The standard InChI is InChI=1S/C15H23N3O/c1-2-18(12-8-10-17-11-9-12)15(19)13-6-4-3-5-7-14(13)16/h8-11,13-14H,2-7,16H2,1H3. The molecular formula is C15H23N3O. The molecule has 0 aromatic carbocycles. The van der Waals surface area contributed by atoms with Crippen LogP contribution in [0.4, 0.5) is 5.69 Å². The lowest BCUT2D eigenvalue weighted by Crippen LogP contribution is -2.44. The molecule has 0 bridgehead atoms. The van der Waals surface area contributed by atoms with E-state index in [9.17, 15) is 4.79 Å². The maximum atomic E-state index is 12.7. The molecule has 2 unspecified atom stereocenters. The van der Waals surface area contributed by atoms with E-state index in [0.717, 1.165) is 31.4 Å². The van der Waals surface area contributed by atoms with Crippen LogP contribution in [0.1, 0.15) is 39.0 Å². The Kier molecular flexibility index (Phi) is 4.91. The minimum absolute atomic E-state index is 0.00545.